The van der Waals surface area contributed by atoms with E-state index in [4.69, 9.17) is 0 Å². The van der Waals surface area contributed by atoms with Gasteiger partial charge in [0.05, 0.1) is 19.1 Å². The largest absolute Gasteiger partial charge is 0.312 e. The van der Waals surface area contributed by atoms with Crippen LogP contribution in [-0.2, 0) is 6.54 Å². The summed E-state index contributed by atoms with van der Waals surface area (Å²) in [5.74, 6) is 0. The Morgan fingerprint density at radius 3 is 3.00 bits per heavy atom. The molecule has 0 spiro atoms. The first kappa shape index (κ1) is 11.2. The SMILES string of the molecule is O=c1[nH]cnc2c1cnn2Cc1ccccc1Br. The van der Waals surface area contributed by atoms with Crippen molar-refractivity contribution in [3.8, 4) is 0 Å². The van der Waals surface area contributed by atoms with Crippen molar-refractivity contribution in [3.05, 3.63) is 57.2 Å². The highest BCUT2D eigenvalue weighted by Gasteiger charge is 2.08. The van der Waals surface area contributed by atoms with Crippen molar-refractivity contribution in [1.82, 2.24) is 19.7 Å². The second kappa shape index (κ2) is 4.38. The average molecular weight is 305 g/mol. The maximum Gasteiger partial charge on any atom is 0.261 e. The van der Waals surface area contributed by atoms with Gasteiger partial charge in [0.15, 0.2) is 5.65 Å². The highest BCUT2D eigenvalue weighted by molar-refractivity contribution is 9.10. The predicted octanol–water partition coefficient (Wildman–Crippen LogP) is 1.93. The van der Waals surface area contributed by atoms with Crippen LogP contribution in [0.4, 0.5) is 0 Å². The molecular formula is C12H9BrN4O. The molecule has 18 heavy (non-hydrogen) atoms. The van der Waals surface area contributed by atoms with E-state index in [-0.39, 0.29) is 5.56 Å². The van der Waals surface area contributed by atoms with Crippen LogP contribution in [0, 0.1) is 0 Å². The van der Waals surface area contributed by atoms with Crippen LogP contribution in [0.25, 0.3) is 11.0 Å². The molecule has 0 atom stereocenters. The summed E-state index contributed by atoms with van der Waals surface area (Å²) in [4.78, 5) is 18.2. The van der Waals surface area contributed by atoms with Gasteiger partial charge in [-0.2, -0.15) is 5.10 Å². The Morgan fingerprint density at radius 2 is 2.17 bits per heavy atom. The summed E-state index contributed by atoms with van der Waals surface area (Å²) in [6.45, 7) is 0.571. The Labute approximate surface area is 111 Å². The second-order valence-corrected chi connectivity index (χ2v) is 4.72. The number of rotatable bonds is 2. The molecule has 0 bridgehead atoms. The maximum absolute atomic E-state index is 11.6. The number of aromatic amines is 1. The molecule has 0 aliphatic carbocycles. The summed E-state index contributed by atoms with van der Waals surface area (Å²) in [7, 11) is 0. The molecule has 1 N–H and O–H groups in total. The minimum atomic E-state index is -0.168. The number of halogens is 1. The quantitative estimate of drug-likeness (QED) is 0.787. The lowest BCUT2D eigenvalue weighted by Gasteiger charge is -2.05. The van der Waals surface area contributed by atoms with Gasteiger partial charge in [0, 0.05) is 4.47 Å². The molecule has 3 rings (SSSR count). The molecule has 5 nitrogen and oxygen atoms in total. The smallest absolute Gasteiger partial charge is 0.261 e. The van der Waals surface area contributed by atoms with E-state index in [0.29, 0.717) is 17.6 Å². The summed E-state index contributed by atoms with van der Waals surface area (Å²) in [6, 6.07) is 7.90. The minimum absolute atomic E-state index is 0.168. The summed E-state index contributed by atoms with van der Waals surface area (Å²) in [5.41, 5.74) is 1.51. The topological polar surface area (TPSA) is 63.6 Å². The Morgan fingerprint density at radius 1 is 1.33 bits per heavy atom. The zero-order valence-electron chi connectivity index (χ0n) is 9.30. The summed E-state index contributed by atoms with van der Waals surface area (Å²) in [6.07, 6.45) is 2.93. The molecule has 3 aromatic rings. The molecule has 0 saturated heterocycles. The van der Waals surface area contributed by atoms with Gasteiger partial charge in [-0.1, -0.05) is 34.1 Å². The standard InChI is InChI=1S/C12H9BrN4O/c13-10-4-2-1-3-8(10)6-17-11-9(5-16-17)12(18)15-7-14-11/h1-5,7H,6H2,(H,14,15,18). The predicted molar refractivity (Wildman–Crippen MR) is 71.4 cm³/mol. The molecule has 0 unspecified atom stereocenters. The van der Waals surface area contributed by atoms with Crippen LogP contribution < -0.4 is 5.56 Å². The molecule has 6 heteroatoms. The number of aromatic nitrogens is 4. The van der Waals surface area contributed by atoms with Crippen molar-refractivity contribution >= 4 is 27.0 Å². The number of H-pyrrole nitrogens is 1. The van der Waals surface area contributed by atoms with Gasteiger partial charge in [0.1, 0.15) is 5.39 Å². The average Bonchev–Trinajstić information content (AvgIpc) is 2.77. The Hall–Kier alpha value is -1.95. The van der Waals surface area contributed by atoms with Crippen molar-refractivity contribution in [2.24, 2.45) is 0 Å². The van der Waals surface area contributed by atoms with Crippen molar-refractivity contribution < 1.29 is 0 Å². The number of hydrogen-bond acceptors (Lipinski definition) is 3. The molecule has 0 fully saturated rings. The lowest BCUT2D eigenvalue weighted by molar-refractivity contribution is 0.701. The van der Waals surface area contributed by atoms with Crippen LogP contribution >= 0.6 is 15.9 Å². The fourth-order valence-corrected chi connectivity index (χ4v) is 2.22. The van der Waals surface area contributed by atoms with Crippen molar-refractivity contribution in [3.63, 3.8) is 0 Å². The number of fused-ring (bicyclic) bond motifs is 1. The molecule has 0 saturated carbocycles. The van der Waals surface area contributed by atoms with Crippen LogP contribution in [0.2, 0.25) is 0 Å². The fraction of sp³-hybridized carbons (Fsp3) is 0.0833. The van der Waals surface area contributed by atoms with Crippen LogP contribution in [-0.4, -0.2) is 19.7 Å². The molecular weight excluding hydrogens is 296 g/mol. The molecule has 0 aliphatic rings. The molecule has 1 aromatic carbocycles. The van der Waals surface area contributed by atoms with E-state index in [1.165, 1.54) is 12.5 Å². The molecule has 2 aromatic heterocycles. The molecule has 0 amide bonds. The third-order valence-electron chi connectivity index (χ3n) is 2.72. The van der Waals surface area contributed by atoms with Gasteiger partial charge in [0.25, 0.3) is 5.56 Å². The lowest BCUT2D eigenvalue weighted by atomic mass is 10.2. The van der Waals surface area contributed by atoms with Crippen molar-refractivity contribution in [1.29, 1.82) is 0 Å². The summed E-state index contributed by atoms with van der Waals surface area (Å²) < 4.78 is 2.73. The number of benzene rings is 1. The highest BCUT2D eigenvalue weighted by Crippen LogP contribution is 2.18. The maximum atomic E-state index is 11.6. The zero-order chi connectivity index (χ0) is 12.5. The van der Waals surface area contributed by atoms with Crippen molar-refractivity contribution in [2.75, 3.05) is 0 Å². The van der Waals surface area contributed by atoms with Gasteiger partial charge < -0.3 is 4.98 Å². The van der Waals surface area contributed by atoms with E-state index in [9.17, 15) is 4.79 Å². The first-order valence-electron chi connectivity index (χ1n) is 5.38. The number of nitrogens with one attached hydrogen (secondary N) is 1. The van der Waals surface area contributed by atoms with Gasteiger partial charge >= 0.3 is 0 Å². The van der Waals surface area contributed by atoms with Gasteiger partial charge in [0.2, 0.25) is 0 Å². The van der Waals surface area contributed by atoms with Gasteiger partial charge in [-0.15, -0.1) is 0 Å². The summed E-state index contributed by atoms with van der Waals surface area (Å²) >= 11 is 3.49. The molecule has 0 aliphatic heterocycles. The number of nitrogens with zero attached hydrogens (tertiary/aromatic N) is 3. The van der Waals surface area contributed by atoms with E-state index >= 15 is 0 Å². The molecule has 2 heterocycles. The van der Waals surface area contributed by atoms with Crippen LogP contribution in [0.15, 0.2) is 46.1 Å². The Kier molecular flexibility index (Phi) is 2.71. The van der Waals surface area contributed by atoms with Crippen LogP contribution in [0.3, 0.4) is 0 Å². The van der Waals surface area contributed by atoms with Gasteiger partial charge in [-0.25, -0.2) is 9.67 Å². The minimum Gasteiger partial charge on any atom is -0.312 e. The lowest BCUT2D eigenvalue weighted by Crippen LogP contribution is -2.08. The summed E-state index contributed by atoms with van der Waals surface area (Å²) in [5, 5.41) is 4.71. The van der Waals surface area contributed by atoms with E-state index in [2.05, 4.69) is 31.0 Å². The number of hydrogen-bond donors (Lipinski definition) is 1. The Balaban J connectivity index is 2.09. The first-order chi connectivity index (χ1) is 8.75. The van der Waals surface area contributed by atoms with E-state index < -0.39 is 0 Å². The zero-order valence-corrected chi connectivity index (χ0v) is 10.9. The van der Waals surface area contributed by atoms with Crippen LogP contribution in [0.1, 0.15) is 5.56 Å². The van der Waals surface area contributed by atoms with Crippen molar-refractivity contribution in [2.45, 2.75) is 6.54 Å². The molecule has 90 valence electrons. The monoisotopic (exact) mass is 304 g/mol. The normalized spacial score (nSPS) is 10.9. The van der Waals surface area contributed by atoms with Gasteiger partial charge in [-0.3, -0.25) is 4.79 Å². The second-order valence-electron chi connectivity index (χ2n) is 3.86. The van der Waals surface area contributed by atoms with Crippen LogP contribution in [0.5, 0.6) is 0 Å². The molecule has 0 radical (unpaired) electrons. The Bertz CT molecular complexity index is 762. The van der Waals surface area contributed by atoms with E-state index in [0.717, 1.165) is 10.0 Å². The first-order valence-corrected chi connectivity index (χ1v) is 6.17. The highest BCUT2D eigenvalue weighted by atomic mass is 79.9. The third-order valence-corrected chi connectivity index (χ3v) is 3.49. The van der Waals surface area contributed by atoms with E-state index in [1.807, 2.05) is 24.3 Å². The third kappa shape index (κ3) is 1.84. The van der Waals surface area contributed by atoms with Gasteiger partial charge in [-0.05, 0) is 11.6 Å². The fourth-order valence-electron chi connectivity index (χ4n) is 1.81. The van der Waals surface area contributed by atoms with E-state index in [1.54, 1.807) is 4.68 Å².